The molecule has 0 aliphatic rings. The Morgan fingerprint density at radius 2 is 1.53 bits per heavy atom. The van der Waals surface area contributed by atoms with Crippen molar-refractivity contribution in [2.75, 3.05) is 0 Å². The van der Waals surface area contributed by atoms with Crippen molar-refractivity contribution >= 4 is 34.8 Å². The molecule has 1 rings (SSSR count). The molecule has 0 heterocycles. The number of halogens is 3. The van der Waals surface area contributed by atoms with Crippen LogP contribution in [-0.2, 0) is 5.79 Å². The zero-order valence-corrected chi connectivity index (χ0v) is 10.3. The van der Waals surface area contributed by atoms with E-state index in [2.05, 4.69) is 0 Å². The van der Waals surface area contributed by atoms with E-state index in [1.807, 2.05) is 0 Å². The Hall–Kier alpha value is 0.01000. The maximum atomic E-state index is 9.89. The van der Waals surface area contributed by atoms with E-state index in [0.717, 1.165) is 0 Å². The molecule has 0 amide bonds. The number of hydrogen-bond donors (Lipinski definition) is 2. The first-order valence-corrected chi connectivity index (χ1v) is 5.46. The maximum absolute atomic E-state index is 9.89. The minimum Gasteiger partial charge on any atom is -0.362 e. The second-order valence-corrected chi connectivity index (χ2v) is 5.72. The van der Waals surface area contributed by atoms with Gasteiger partial charge in [-0.3, -0.25) is 0 Å². The molecule has 0 aliphatic carbocycles. The third-order valence-corrected chi connectivity index (χ3v) is 3.28. The van der Waals surface area contributed by atoms with E-state index in [4.69, 9.17) is 34.8 Å². The molecule has 0 aliphatic heterocycles. The van der Waals surface area contributed by atoms with Gasteiger partial charge in [0.15, 0.2) is 9.58 Å². The van der Waals surface area contributed by atoms with Crippen molar-refractivity contribution in [1.29, 1.82) is 0 Å². The van der Waals surface area contributed by atoms with E-state index < -0.39 is 15.5 Å². The molecule has 0 saturated carbocycles. The molecule has 0 radical (unpaired) electrons. The van der Waals surface area contributed by atoms with Crippen molar-refractivity contribution < 1.29 is 10.2 Å². The lowest BCUT2D eigenvalue weighted by Crippen LogP contribution is -2.40. The summed E-state index contributed by atoms with van der Waals surface area (Å²) in [6.07, 6.45) is 0. The molecule has 0 fully saturated rings. The number of benzene rings is 1. The largest absolute Gasteiger partial charge is 0.362 e. The topological polar surface area (TPSA) is 40.5 Å². The Morgan fingerprint density at radius 1 is 1.07 bits per heavy atom. The van der Waals surface area contributed by atoms with E-state index >= 15 is 0 Å². The summed E-state index contributed by atoms with van der Waals surface area (Å²) in [5.41, 5.74) is 0.295. The second kappa shape index (κ2) is 4.48. The molecule has 1 aromatic carbocycles. The fraction of sp³-hybridized carbons (Fsp3) is 0.400. The molecule has 1 unspecified atom stereocenters. The van der Waals surface area contributed by atoms with Crippen LogP contribution in [0.4, 0.5) is 0 Å². The highest BCUT2D eigenvalue weighted by atomic mass is 35.6. The summed E-state index contributed by atoms with van der Waals surface area (Å²) in [6.45, 7) is 1.46. The highest BCUT2D eigenvalue weighted by Crippen LogP contribution is 2.43. The Morgan fingerprint density at radius 3 is 1.93 bits per heavy atom. The number of aliphatic hydroxyl groups is 2. The Labute approximate surface area is 103 Å². The van der Waals surface area contributed by atoms with E-state index in [-0.39, 0.29) is 0 Å². The SMILES string of the molecule is CC(C(Cl)(Cl)Cl)C(O)(O)c1ccccc1. The monoisotopic (exact) mass is 268 g/mol. The zero-order chi connectivity index (χ0) is 11.7. The fourth-order valence-electron chi connectivity index (χ4n) is 1.16. The standard InChI is InChI=1S/C10H11Cl3O2/c1-7(10(11,12)13)9(14,15)8-5-3-2-4-6-8/h2-7,14-15H,1H3. The van der Waals surface area contributed by atoms with Gasteiger partial charge in [0.2, 0.25) is 0 Å². The zero-order valence-electron chi connectivity index (χ0n) is 7.99. The fourth-order valence-corrected chi connectivity index (χ4v) is 1.62. The molecule has 0 aromatic heterocycles. The summed E-state index contributed by atoms with van der Waals surface area (Å²) < 4.78 is -1.74. The van der Waals surface area contributed by atoms with Crippen LogP contribution in [0.2, 0.25) is 0 Å². The summed E-state index contributed by atoms with van der Waals surface area (Å²) in [5, 5.41) is 19.8. The third kappa shape index (κ3) is 2.99. The van der Waals surface area contributed by atoms with E-state index in [0.29, 0.717) is 5.56 Å². The van der Waals surface area contributed by atoms with Crippen molar-refractivity contribution in [3.63, 3.8) is 0 Å². The Balaban J connectivity index is 3.03. The molecule has 0 saturated heterocycles. The molecule has 2 N–H and O–H groups in total. The first kappa shape index (κ1) is 13.1. The molecule has 84 valence electrons. The summed E-state index contributed by atoms with van der Waals surface area (Å²) in [6, 6.07) is 8.25. The average molecular weight is 270 g/mol. The van der Waals surface area contributed by atoms with Crippen molar-refractivity contribution in [3.05, 3.63) is 35.9 Å². The van der Waals surface area contributed by atoms with Crippen LogP contribution < -0.4 is 0 Å². The summed E-state index contributed by atoms with van der Waals surface area (Å²) >= 11 is 16.9. The molecule has 1 atom stereocenters. The van der Waals surface area contributed by atoms with Crippen molar-refractivity contribution in [3.8, 4) is 0 Å². The Kier molecular flexibility index (Phi) is 3.90. The van der Waals surface area contributed by atoms with Crippen molar-refractivity contribution in [2.45, 2.75) is 16.5 Å². The molecule has 2 nitrogen and oxygen atoms in total. The van der Waals surface area contributed by atoms with Gasteiger partial charge in [0.25, 0.3) is 0 Å². The summed E-state index contributed by atoms with van der Waals surface area (Å²) in [7, 11) is 0. The highest BCUT2D eigenvalue weighted by molar-refractivity contribution is 6.67. The number of rotatable bonds is 2. The molecular formula is C10H11Cl3O2. The van der Waals surface area contributed by atoms with Gasteiger partial charge in [0.05, 0.1) is 5.92 Å². The lowest BCUT2D eigenvalue weighted by Gasteiger charge is -2.33. The average Bonchev–Trinajstić information content (AvgIpc) is 2.16. The quantitative estimate of drug-likeness (QED) is 0.640. The Bertz CT molecular complexity index is 319. The number of alkyl halides is 3. The van der Waals surface area contributed by atoms with Gasteiger partial charge in [0.1, 0.15) is 0 Å². The van der Waals surface area contributed by atoms with Crippen LogP contribution in [0.3, 0.4) is 0 Å². The molecule has 5 heteroatoms. The van der Waals surface area contributed by atoms with Crippen LogP contribution in [0.5, 0.6) is 0 Å². The van der Waals surface area contributed by atoms with Gasteiger partial charge in [-0.05, 0) is 0 Å². The van der Waals surface area contributed by atoms with Gasteiger partial charge in [0, 0.05) is 5.56 Å². The van der Waals surface area contributed by atoms with Crippen LogP contribution >= 0.6 is 34.8 Å². The molecule has 15 heavy (non-hydrogen) atoms. The van der Waals surface area contributed by atoms with Gasteiger partial charge >= 0.3 is 0 Å². The van der Waals surface area contributed by atoms with Crippen LogP contribution in [0, 0.1) is 5.92 Å². The van der Waals surface area contributed by atoms with Crippen molar-refractivity contribution in [2.24, 2.45) is 5.92 Å². The van der Waals surface area contributed by atoms with Gasteiger partial charge < -0.3 is 10.2 Å². The van der Waals surface area contributed by atoms with Crippen molar-refractivity contribution in [1.82, 2.24) is 0 Å². The highest BCUT2D eigenvalue weighted by Gasteiger charge is 2.45. The minimum atomic E-state index is -2.16. The lowest BCUT2D eigenvalue weighted by molar-refractivity contribution is -0.204. The smallest absolute Gasteiger partial charge is 0.198 e. The molecule has 1 aromatic rings. The molecule has 0 bridgehead atoms. The first-order valence-electron chi connectivity index (χ1n) is 4.33. The normalized spacial score (nSPS) is 15.1. The maximum Gasteiger partial charge on any atom is 0.198 e. The van der Waals surface area contributed by atoms with E-state index in [1.165, 1.54) is 6.92 Å². The molecule has 0 spiro atoms. The van der Waals surface area contributed by atoms with Crippen LogP contribution in [0.1, 0.15) is 12.5 Å². The van der Waals surface area contributed by atoms with Crippen LogP contribution in [-0.4, -0.2) is 14.0 Å². The van der Waals surface area contributed by atoms with Crippen LogP contribution in [0.25, 0.3) is 0 Å². The van der Waals surface area contributed by atoms with Gasteiger partial charge in [-0.2, -0.15) is 0 Å². The van der Waals surface area contributed by atoms with Gasteiger partial charge in [-0.15, -0.1) is 0 Å². The van der Waals surface area contributed by atoms with E-state index in [9.17, 15) is 10.2 Å². The third-order valence-electron chi connectivity index (χ3n) is 2.29. The van der Waals surface area contributed by atoms with Gasteiger partial charge in [-0.1, -0.05) is 72.1 Å². The van der Waals surface area contributed by atoms with E-state index in [1.54, 1.807) is 30.3 Å². The van der Waals surface area contributed by atoms with Crippen LogP contribution in [0.15, 0.2) is 30.3 Å². The predicted molar refractivity (Wildman–Crippen MR) is 62.0 cm³/mol. The predicted octanol–water partition coefficient (Wildman–Crippen LogP) is 2.83. The molecular weight excluding hydrogens is 258 g/mol. The lowest BCUT2D eigenvalue weighted by atomic mass is 9.94. The summed E-state index contributed by atoms with van der Waals surface area (Å²) in [4.78, 5) is 0. The van der Waals surface area contributed by atoms with Gasteiger partial charge in [-0.25, -0.2) is 0 Å². The summed E-state index contributed by atoms with van der Waals surface area (Å²) in [5.74, 6) is -3.11. The second-order valence-electron chi connectivity index (χ2n) is 3.36. The first-order chi connectivity index (χ1) is 6.76. The minimum absolute atomic E-state index is 0.295. The number of hydrogen-bond acceptors (Lipinski definition) is 2.